The highest BCUT2D eigenvalue weighted by molar-refractivity contribution is 5.70. The van der Waals surface area contributed by atoms with Gasteiger partial charge >= 0.3 is 6.09 Å². The summed E-state index contributed by atoms with van der Waals surface area (Å²) in [6, 6.07) is 15.9. The Labute approximate surface area is 177 Å². The Morgan fingerprint density at radius 2 is 1.87 bits per heavy atom. The van der Waals surface area contributed by atoms with Crippen molar-refractivity contribution in [2.75, 3.05) is 32.7 Å². The summed E-state index contributed by atoms with van der Waals surface area (Å²) >= 11 is 0. The van der Waals surface area contributed by atoms with Crippen LogP contribution in [0.4, 0.5) is 4.79 Å². The Bertz CT molecular complexity index is 928. The van der Waals surface area contributed by atoms with E-state index in [9.17, 15) is 4.79 Å². The Morgan fingerprint density at radius 3 is 2.53 bits per heavy atom. The standard InChI is InChI=1S/C24H28N4O2/c1-19-4-7-22(26-18-19)17-20-5-8-23(9-6-20)30-24(29)28-15-13-27(14-16-28)12-10-21-3-2-11-25-21/h2-9,11,18,25H,10,12-17H2,1H3. The molecule has 0 atom stereocenters. The lowest BCUT2D eigenvalue weighted by Crippen LogP contribution is -2.49. The van der Waals surface area contributed by atoms with Crippen molar-refractivity contribution in [1.29, 1.82) is 0 Å². The first kappa shape index (κ1) is 20.2. The fourth-order valence-corrected chi connectivity index (χ4v) is 3.61. The molecule has 3 heterocycles. The molecule has 30 heavy (non-hydrogen) atoms. The molecule has 4 rings (SSSR count). The summed E-state index contributed by atoms with van der Waals surface area (Å²) in [4.78, 5) is 24.3. The Balaban J connectivity index is 1.22. The summed E-state index contributed by atoms with van der Waals surface area (Å²) in [7, 11) is 0. The molecule has 3 aromatic rings. The highest BCUT2D eigenvalue weighted by atomic mass is 16.6. The molecule has 1 amide bonds. The normalized spacial score (nSPS) is 14.6. The topological polar surface area (TPSA) is 61.5 Å². The maximum Gasteiger partial charge on any atom is 0.415 e. The van der Waals surface area contributed by atoms with Gasteiger partial charge < -0.3 is 14.6 Å². The first-order valence-corrected chi connectivity index (χ1v) is 10.5. The molecule has 1 saturated heterocycles. The van der Waals surface area contributed by atoms with Crippen LogP contribution in [-0.2, 0) is 12.8 Å². The highest BCUT2D eigenvalue weighted by Gasteiger charge is 2.22. The van der Waals surface area contributed by atoms with Gasteiger partial charge in [0.2, 0.25) is 0 Å². The van der Waals surface area contributed by atoms with Crippen LogP contribution in [0.1, 0.15) is 22.5 Å². The molecule has 1 aromatic carbocycles. The average Bonchev–Trinajstić information content (AvgIpc) is 3.29. The summed E-state index contributed by atoms with van der Waals surface area (Å²) in [5.41, 5.74) is 4.57. The zero-order chi connectivity index (χ0) is 20.8. The second-order valence-electron chi connectivity index (χ2n) is 7.79. The molecular weight excluding hydrogens is 376 g/mol. The Morgan fingerprint density at radius 1 is 1.07 bits per heavy atom. The minimum Gasteiger partial charge on any atom is -0.410 e. The summed E-state index contributed by atoms with van der Waals surface area (Å²) in [5.74, 6) is 0.579. The molecule has 0 bridgehead atoms. The van der Waals surface area contributed by atoms with Crippen LogP contribution in [0.15, 0.2) is 60.9 Å². The van der Waals surface area contributed by atoms with Gasteiger partial charge in [0.15, 0.2) is 0 Å². The quantitative estimate of drug-likeness (QED) is 0.681. The fourth-order valence-electron chi connectivity index (χ4n) is 3.61. The summed E-state index contributed by atoms with van der Waals surface area (Å²) in [5, 5.41) is 0. The molecule has 1 fully saturated rings. The number of H-pyrrole nitrogens is 1. The number of pyridine rings is 1. The third-order valence-corrected chi connectivity index (χ3v) is 5.48. The van der Waals surface area contributed by atoms with Gasteiger partial charge in [0.1, 0.15) is 5.75 Å². The van der Waals surface area contributed by atoms with Gasteiger partial charge in [0.25, 0.3) is 0 Å². The number of piperazine rings is 1. The van der Waals surface area contributed by atoms with E-state index in [-0.39, 0.29) is 6.09 Å². The number of aryl methyl sites for hydroxylation is 1. The zero-order valence-corrected chi connectivity index (χ0v) is 17.4. The van der Waals surface area contributed by atoms with Gasteiger partial charge in [-0.1, -0.05) is 18.2 Å². The summed E-state index contributed by atoms with van der Waals surface area (Å²) < 4.78 is 5.58. The molecule has 6 heteroatoms. The lowest BCUT2D eigenvalue weighted by Gasteiger charge is -2.33. The molecule has 2 aromatic heterocycles. The van der Waals surface area contributed by atoms with E-state index in [4.69, 9.17) is 4.74 Å². The number of carbonyl (C=O) groups excluding carboxylic acids is 1. The van der Waals surface area contributed by atoms with E-state index in [1.807, 2.05) is 55.7 Å². The third kappa shape index (κ3) is 5.48. The molecule has 1 aliphatic rings. The molecule has 0 saturated carbocycles. The Hall–Kier alpha value is -3.12. The van der Waals surface area contributed by atoms with Gasteiger partial charge in [0, 0.05) is 69.3 Å². The molecule has 156 valence electrons. The largest absolute Gasteiger partial charge is 0.415 e. The molecule has 0 radical (unpaired) electrons. The van der Waals surface area contributed by atoms with Crippen LogP contribution in [0.25, 0.3) is 0 Å². The third-order valence-electron chi connectivity index (χ3n) is 5.48. The van der Waals surface area contributed by atoms with Crippen molar-refractivity contribution in [3.63, 3.8) is 0 Å². The van der Waals surface area contributed by atoms with Gasteiger partial charge in [-0.05, 0) is 48.4 Å². The van der Waals surface area contributed by atoms with Crippen LogP contribution in [0.2, 0.25) is 0 Å². The second kappa shape index (κ2) is 9.59. The maximum atomic E-state index is 12.5. The number of ether oxygens (including phenoxy) is 1. The van der Waals surface area contributed by atoms with Crippen molar-refractivity contribution in [2.45, 2.75) is 19.8 Å². The zero-order valence-electron chi connectivity index (χ0n) is 17.4. The van der Waals surface area contributed by atoms with E-state index >= 15 is 0 Å². The van der Waals surface area contributed by atoms with E-state index in [1.165, 1.54) is 5.69 Å². The van der Waals surface area contributed by atoms with Crippen LogP contribution in [-0.4, -0.2) is 58.6 Å². The summed E-state index contributed by atoms with van der Waals surface area (Å²) in [6.07, 6.45) is 5.33. The first-order chi connectivity index (χ1) is 14.7. The highest BCUT2D eigenvalue weighted by Crippen LogP contribution is 2.16. The SMILES string of the molecule is Cc1ccc(Cc2ccc(OC(=O)N3CCN(CCc4ccc[nH]4)CC3)cc2)nc1. The van der Waals surface area contributed by atoms with E-state index in [0.717, 1.165) is 49.3 Å². The predicted molar refractivity (Wildman–Crippen MR) is 117 cm³/mol. The maximum absolute atomic E-state index is 12.5. The van der Waals surface area contributed by atoms with Crippen molar-refractivity contribution in [3.05, 3.63) is 83.4 Å². The molecule has 1 N–H and O–H groups in total. The average molecular weight is 405 g/mol. The number of nitrogens with one attached hydrogen (secondary N) is 1. The number of hydrogen-bond donors (Lipinski definition) is 1. The lowest BCUT2D eigenvalue weighted by atomic mass is 10.1. The minimum atomic E-state index is -0.271. The molecule has 1 aliphatic heterocycles. The molecule has 0 aliphatic carbocycles. The van der Waals surface area contributed by atoms with Crippen LogP contribution in [0.3, 0.4) is 0 Å². The van der Waals surface area contributed by atoms with Gasteiger partial charge in [0.05, 0.1) is 0 Å². The van der Waals surface area contributed by atoms with Gasteiger partial charge in [-0.2, -0.15) is 0 Å². The number of amides is 1. The van der Waals surface area contributed by atoms with Crippen molar-refractivity contribution >= 4 is 6.09 Å². The molecule has 0 spiro atoms. The molecular formula is C24H28N4O2. The van der Waals surface area contributed by atoms with Crippen LogP contribution in [0, 0.1) is 6.92 Å². The smallest absolute Gasteiger partial charge is 0.410 e. The predicted octanol–water partition coefficient (Wildman–Crippen LogP) is 3.67. The number of aromatic amines is 1. The minimum absolute atomic E-state index is 0.271. The van der Waals surface area contributed by atoms with E-state index < -0.39 is 0 Å². The fraction of sp³-hybridized carbons (Fsp3) is 0.333. The van der Waals surface area contributed by atoms with E-state index in [2.05, 4.69) is 27.0 Å². The number of carbonyl (C=O) groups is 1. The summed E-state index contributed by atoms with van der Waals surface area (Å²) in [6.45, 7) is 6.17. The van der Waals surface area contributed by atoms with Gasteiger partial charge in [-0.3, -0.25) is 9.88 Å². The van der Waals surface area contributed by atoms with Crippen LogP contribution in [0.5, 0.6) is 5.75 Å². The van der Waals surface area contributed by atoms with Crippen molar-refractivity contribution < 1.29 is 9.53 Å². The number of rotatable bonds is 6. The van der Waals surface area contributed by atoms with Crippen LogP contribution < -0.4 is 4.74 Å². The van der Waals surface area contributed by atoms with Crippen molar-refractivity contribution in [1.82, 2.24) is 19.8 Å². The lowest BCUT2D eigenvalue weighted by molar-refractivity contribution is 0.111. The Kier molecular flexibility index (Phi) is 6.44. The first-order valence-electron chi connectivity index (χ1n) is 10.5. The number of nitrogens with zero attached hydrogens (tertiary/aromatic N) is 3. The molecule has 0 unspecified atom stereocenters. The van der Waals surface area contributed by atoms with E-state index in [0.29, 0.717) is 18.8 Å². The van der Waals surface area contributed by atoms with Gasteiger partial charge in [-0.15, -0.1) is 0 Å². The monoisotopic (exact) mass is 404 g/mol. The van der Waals surface area contributed by atoms with Crippen molar-refractivity contribution in [3.8, 4) is 5.75 Å². The van der Waals surface area contributed by atoms with Crippen LogP contribution >= 0.6 is 0 Å². The van der Waals surface area contributed by atoms with E-state index in [1.54, 1.807) is 4.90 Å². The van der Waals surface area contributed by atoms with Crippen molar-refractivity contribution in [2.24, 2.45) is 0 Å². The number of hydrogen-bond acceptors (Lipinski definition) is 4. The molecule has 6 nitrogen and oxygen atoms in total. The number of aromatic nitrogens is 2. The second-order valence-corrected chi connectivity index (χ2v) is 7.79. The van der Waals surface area contributed by atoms with Gasteiger partial charge in [-0.25, -0.2) is 4.79 Å². The number of benzene rings is 1.